The molecule has 6 nitrogen and oxygen atoms in total. The molecule has 0 spiro atoms. The summed E-state index contributed by atoms with van der Waals surface area (Å²) in [6.07, 6.45) is 0. The third kappa shape index (κ3) is 3.43. The molecule has 0 unspecified atom stereocenters. The van der Waals surface area contributed by atoms with Crippen molar-refractivity contribution in [2.75, 3.05) is 19.5 Å². The van der Waals surface area contributed by atoms with Gasteiger partial charge in [-0.15, -0.1) is 0 Å². The van der Waals surface area contributed by atoms with Gasteiger partial charge < -0.3 is 14.8 Å². The zero-order valence-electron chi connectivity index (χ0n) is 12.1. The number of nitrogens with zero attached hydrogens (tertiary/aromatic N) is 1. The van der Waals surface area contributed by atoms with E-state index >= 15 is 0 Å². The van der Waals surface area contributed by atoms with Crippen LogP contribution in [0.25, 0.3) is 0 Å². The number of halogens is 1. The molecular weight excluding hydrogens is 291 g/mol. The Balaban J connectivity index is 2.18. The second kappa shape index (κ2) is 6.75. The van der Waals surface area contributed by atoms with Crippen LogP contribution in [0.5, 0.6) is 11.5 Å². The second-order valence-electron chi connectivity index (χ2n) is 4.46. The lowest BCUT2D eigenvalue weighted by Gasteiger charge is -2.11. The van der Waals surface area contributed by atoms with Gasteiger partial charge in [-0.25, -0.2) is 4.39 Å². The van der Waals surface area contributed by atoms with Gasteiger partial charge >= 0.3 is 0 Å². The number of benzene rings is 2. The second-order valence-corrected chi connectivity index (χ2v) is 4.46. The van der Waals surface area contributed by atoms with Gasteiger partial charge in [0.1, 0.15) is 11.5 Å². The van der Waals surface area contributed by atoms with Gasteiger partial charge in [0.25, 0.3) is 5.69 Å². The van der Waals surface area contributed by atoms with Gasteiger partial charge in [-0.1, -0.05) is 6.07 Å². The number of hydrogen-bond acceptors (Lipinski definition) is 5. The molecule has 0 heterocycles. The van der Waals surface area contributed by atoms with Crippen molar-refractivity contribution in [3.8, 4) is 11.5 Å². The summed E-state index contributed by atoms with van der Waals surface area (Å²) in [7, 11) is 3.07. The van der Waals surface area contributed by atoms with Crippen LogP contribution in [0.3, 0.4) is 0 Å². The third-order valence-corrected chi connectivity index (χ3v) is 3.09. The minimum absolute atomic E-state index is 0.251. The first-order chi connectivity index (χ1) is 10.5. The zero-order valence-corrected chi connectivity index (χ0v) is 12.1. The van der Waals surface area contributed by atoms with Gasteiger partial charge in [0.2, 0.25) is 0 Å². The van der Waals surface area contributed by atoms with Crippen LogP contribution >= 0.6 is 0 Å². The van der Waals surface area contributed by atoms with Crippen LogP contribution < -0.4 is 14.8 Å². The molecule has 0 aliphatic heterocycles. The number of nitrogens with one attached hydrogen (secondary N) is 1. The molecule has 0 amide bonds. The molecule has 22 heavy (non-hydrogen) atoms. The first-order valence-corrected chi connectivity index (χ1v) is 6.44. The SMILES string of the molecule is COc1ccc(CNc2ccc(F)cc2[N+](=O)[O-])cc1OC. The first-order valence-electron chi connectivity index (χ1n) is 6.44. The van der Waals surface area contributed by atoms with Crippen LogP contribution in [0, 0.1) is 15.9 Å². The minimum Gasteiger partial charge on any atom is -0.493 e. The Morgan fingerprint density at radius 3 is 2.50 bits per heavy atom. The number of anilines is 1. The zero-order chi connectivity index (χ0) is 16.1. The van der Waals surface area contributed by atoms with Crippen molar-refractivity contribution in [2.45, 2.75) is 6.54 Å². The summed E-state index contributed by atoms with van der Waals surface area (Å²) >= 11 is 0. The van der Waals surface area contributed by atoms with Gasteiger partial charge in [0.15, 0.2) is 11.5 Å². The average Bonchev–Trinajstić information content (AvgIpc) is 2.53. The van der Waals surface area contributed by atoms with Gasteiger partial charge in [-0.05, 0) is 29.8 Å². The van der Waals surface area contributed by atoms with E-state index in [0.717, 1.165) is 11.6 Å². The van der Waals surface area contributed by atoms with Gasteiger partial charge in [0, 0.05) is 6.54 Å². The molecule has 0 aliphatic carbocycles. The number of rotatable bonds is 6. The third-order valence-electron chi connectivity index (χ3n) is 3.09. The number of methoxy groups -OCH3 is 2. The highest BCUT2D eigenvalue weighted by Crippen LogP contribution is 2.29. The molecule has 0 saturated heterocycles. The van der Waals surface area contributed by atoms with Gasteiger partial charge in [-0.3, -0.25) is 10.1 Å². The molecule has 0 saturated carbocycles. The van der Waals surface area contributed by atoms with Crippen molar-refractivity contribution in [3.05, 3.63) is 57.9 Å². The molecule has 2 rings (SSSR count). The van der Waals surface area contributed by atoms with Crippen LogP contribution in [-0.4, -0.2) is 19.1 Å². The van der Waals surface area contributed by atoms with E-state index in [1.165, 1.54) is 26.4 Å². The van der Waals surface area contributed by atoms with Crippen molar-refractivity contribution in [1.82, 2.24) is 0 Å². The van der Waals surface area contributed by atoms with Crippen molar-refractivity contribution in [1.29, 1.82) is 0 Å². The van der Waals surface area contributed by atoms with Crippen LogP contribution in [0.2, 0.25) is 0 Å². The lowest BCUT2D eigenvalue weighted by atomic mass is 10.2. The van der Waals surface area contributed by atoms with Crippen molar-refractivity contribution >= 4 is 11.4 Å². The van der Waals surface area contributed by atoms with E-state index in [0.29, 0.717) is 18.0 Å². The molecular formula is C15H15FN2O4. The molecule has 0 aliphatic rings. The van der Waals surface area contributed by atoms with Crippen LogP contribution in [0.15, 0.2) is 36.4 Å². The van der Waals surface area contributed by atoms with Crippen LogP contribution in [-0.2, 0) is 6.54 Å². The summed E-state index contributed by atoms with van der Waals surface area (Å²) in [6, 6.07) is 8.72. The summed E-state index contributed by atoms with van der Waals surface area (Å²) in [5, 5.41) is 13.9. The summed E-state index contributed by atoms with van der Waals surface area (Å²) in [5.74, 6) is 0.512. The highest BCUT2D eigenvalue weighted by molar-refractivity contribution is 5.61. The van der Waals surface area contributed by atoms with E-state index in [-0.39, 0.29) is 11.4 Å². The molecule has 2 aromatic carbocycles. The summed E-state index contributed by atoms with van der Waals surface area (Å²) in [6.45, 7) is 0.326. The monoisotopic (exact) mass is 306 g/mol. The van der Waals surface area contributed by atoms with E-state index in [4.69, 9.17) is 9.47 Å². The largest absolute Gasteiger partial charge is 0.493 e. The van der Waals surface area contributed by atoms with Gasteiger partial charge in [0.05, 0.1) is 25.2 Å². The van der Waals surface area contributed by atoms with Gasteiger partial charge in [-0.2, -0.15) is 0 Å². The van der Waals surface area contributed by atoms with Crippen molar-refractivity contribution < 1.29 is 18.8 Å². The predicted molar refractivity (Wildman–Crippen MR) is 79.9 cm³/mol. The topological polar surface area (TPSA) is 73.6 Å². The van der Waals surface area contributed by atoms with Crippen molar-refractivity contribution in [3.63, 3.8) is 0 Å². The molecule has 0 radical (unpaired) electrons. The van der Waals surface area contributed by atoms with E-state index in [9.17, 15) is 14.5 Å². The van der Waals surface area contributed by atoms with E-state index < -0.39 is 10.7 Å². The summed E-state index contributed by atoms with van der Waals surface area (Å²) in [5.41, 5.74) is 0.790. The Bertz CT molecular complexity index is 691. The average molecular weight is 306 g/mol. The molecule has 2 aromatic rings. The fourth-order valence-corrected chi connectivity index (χ4v) is 1.99. The van der Waals surface area contributed by atoms with Crippen molar-refractivity contribution in [2.24, 2.45) is 0 Å². The normalized spacial score (nSPS) is 10.1. The Morgan fingerprint density at radius 1 is 1.14 bits per heavy atom. The standard InChI is InChI=1S/C15H15FN2O4/c1-21-14-6-3-10(7-15(14)22-2)9-17-12-5-4-11(16)8-13(12)18(19)20/h3-8,17H,9H2,1-2H3. The lowest BCUT2D eigenvalue weighted by molar-refractivity contribution is -0.384. The van der Waals surface area contributed by atoms with E-state index in [2.05, 4.69) is 5.32 Å². The molecule has 0 fully saturated rings. The maximum absolute atomic E-state index is 13.1. The molecule has 0 bridgehead atoms. The summed E-state index contributed by atoms with van der Waals surface area (Å²) < 4.78 is 23.4. The number of hydrogen-bond donors (Lipinski definition) is 1. The highest BCUT2D eigenvalue weighted by Gasteiger charge is 2.14. The summed E-state index contributed by atoms with van der Waals surface area (Å²) in [4.78, 5) is 10.3. The van der Waals surface area contributed by atoms with E-state index in [1.807, 2.05) is 6.07 Å². The fourth-order valence-electron chi connectivity index (χ4n) is 1.99. The predicted octanol–water partition coefficient (Wildman–Crippen LogP) is 3.36. The molecule has 0 atom stereocenters. The lowest BCUT2D eigenvalue weighted by Crippen LogP contribution is -2.03. The number of ether oxygens (including phenoxy) is 2. The smallest absolute Gasteiger partial charge is 0.295 e. The number of nitro groups is 1. The Hall–Kier alpha value is -2.83. The number of nitro benzene ring substituents is 1. The Morgan fingerprint density at radius 2 is 1.86 bits per heavy atom. The Labute approximate surface area is 126 Å². The molecule has 1 N–H and O–H groups in total. The first kappa shape index (κ1) is 15.6. The highest BCUT2D eigenvalue weighted by atomic mass is 19.1. The molecule has 0 aromatic heterocycles. The Kier molecular flexibility index (Phi) is 4.77. The maximum Gasteiger partial charge on any atom is 0.295 e. The molecule has 116 valence electrons. The molecule has 7 heteroatoms. The quantitative estimate of drug-likeness (QED) is 0.654. The minimum atomic E-state index is -0.650. The van der Waals surface area contributed by atoms with Crippen LogP contribution in [0.4, 0.5) is 15.8 Å². The van der Waals surface area contributed by atoms with Crippen LogP contribution in [0.1, 0.15) is 5.56 Å². The maximum atomic E-state index is 13.1. The fraction of sp³-hybridized carbons (Fsp3) is 0.200. The van der Waals surface area contributed by atoms with E-state index in [1.54, 1.807) is 12.1 Å².